The first-order valence-corrected chi connectivity index (χ1v) is 15.0. The summed E-state index contributed by atoms with van der Waals surface area (Å²) < 4.78 is 6.85. The molecule has 1 aliphatic carbocycles. The minimum Gasteiger partial charge on any atom is -0.466 e. The molecule has 2 aliphatic heterocycles. The number of aromatic nitrogens is 2. The number of benzene rings is 1. The lowest BCUT2D eigenvalue weighted by molar-refractivity contribution is -0.143. The Balaban J connectivity index is 1.43. The van der Waals surface area contributed by atoms with Crippen LogP contribution in [0.1, 0.15) is 120 Å². The van der Waals surface area contributed by atoms with Crippen molar-refractivity contribution in [1.82, 2.24) is 14.5 Å². The second-order valence-electron chi connectivity index (χ2n) is 11.5. The van der Waals surface area contributed by atoms with Gasteiger partial charge in [0.25, 0.3) is 5.56 Å². The highest BCUT2D eigenvalue weighted by Crippen LogP contribution is 2.42. The van der Waals surface area contributed by atoms with E-state index in [9.17, 15) is 14.4 Å². The minimum absolute atomic E-state index is 0.0372. The maximum Gasteiger partial charge on any atom is 0.306 e. The van der Waals surface area contributed by atoms with Crippen molar-refractivity contribution < 1.29 is 14.3 Å². The molecular formula is C31H43N3O4. The Labute approximate surface area is 225 Å². The van der Waals surface area contributed by atoms with E-state index in [-0.39, 0.29) is 42.5 Å². The van der Waals surface area contributed by atoms with E-state index in [1.807, 2.05) is 28.8 Å². The van der Waals surface area contributed by atoms with Crippen LogP contribution in [0.2, 0.25) is 0 Å². The Morgan fingerprint density at radius 1 is 0.842 bits per heavy atom. The van der Waals surface area contributed by atoms with Crippen molar-refractivity contribution in [3.8, 4) is 0 Å². The van der Waals surface area contributed by atoms with Gasteiger partial charge < -0.3 is 9.30 Å². The van der Waals surface area contributed by atoms with Crippen LogP contribution in [0, 0.1) is 0 Å². The number of carbonyl (C=O) groups is 2. The summed E-state index contributed by atoms with van der Waals surface area (Å²) in [7, 11) is 0. The standard InChI is InChI=1S/C31H43N3O4/c1-2-38-29(36)19-18-28(35)30-31(37)34(27-17-10-9-16-26(27)32-30)25-20-23-14-11-15-24(21-25)33(23)22-12-7-5-3-4-6-8-13-22/h9-10,16-17,22-25H,2-8,11-15,18-21H2,1H3. The Hall–Kier alpha value is -2.54. The molecule has 1 saturated carbocycles. The summed E-state index contributed by atoms with van der Waals surface area (Å²) in [5.41, 5.74) is 1.11. The summed E-state index contributed by atoms with van der Waals surface area (Å²) in [5.74, 6) is -0.808. The molecule has 1 aromatic carbocycles. The fraction of sp³-hybridized carbons (Fsp3) is 0.677. The van der Waals surface area contributed by atoms with Gasteiger partial charge in [-0.1, -0.05) is 57.1 Å². The number of piperidine rings is 2. The van der Waals surface area contributed by atoms with Crippen molar-refractivity contribution in [3.05, 3.63) is 40.3 Å². The van der Waals surface area contributed by atoms with Crippen LogP contribution < -0.4 is 5.56 Å². The predicted octanol–water partition coefficient (Wildman–Crippen LogP) is 5.98. The number of nitrogens with zero attached hydrogens (tertiary/aromatic N) is 3. The fourth-order valence-corrected chi connectivity index (χ4v) is 7.37. The highest BCUT2D eigenvalue weighted by molar-refractivity contribution is 5.97. The number of Topliss-reactive ketones (excluding diaryl/α,β-unsaturated/α-hetero) is 1. The molecule has 0 N–H and O–H groups in total. The second kappa shape index (κ2) is 12.5. The SMILES string of the molecule is CCOC(=O)CCC(=O)c1nc2ccccc2n(C2CC3CCCC(C2)N3C2CCCCCCCC2)c1=O. The van der Waals surface area contributed by atoms with Gasteiger partial charge in [-0.3, -0.25) is 19.3 Å². The van der Waals surface area contributed by atoms with E-state index < -0.39 is 5.97 Å². The van der Waals surface area contributed by atoms with Crippen LogP contribution in [-0.2, 0) is 9.53 Å². The Kier molecular flexibility index (Phi) is 8.93. The van der Waals surface area contributed by atoms with Crippen molar-refractivity contribution in [2.24, 2.45) is 0 Å². The van der Waals surface area contributed by atoms with E-state index in [0.29, 0.717) is 23.6 Å². The smallest absolute Gasteiger partial charge is 0.306 e. The molecule has 2 atom stereocenters. The Bertz CT molecular complexity index is 1170. The zero-order valence-electron chi connectivity index (χ0n) is 22.9. The van der Waals surface area contributed by atoms with Gasteiger partial charge in [0, 0.05) is 30.6 Å². The molecule has 3 fully saturated rings. The monoisotopic (exact) mass is 521 g/mol. The Morgan fingerprint density at radius 3 is 2.16 bits per heavy atom. The van der Waals surface area contributed by atoms with E-state index in [1.165, 1.54) is 70.6 Å². The first-order chi connectivity index (χ1) is 18.6. The average Bonchev–Trinajstić information content (AvgIpc) is 3.05. The lowest BCUT2D eigenvalue weighted by Crippen LogP contribution is -2.57. The van der Waals surface area contributed by atoms with Gasteiger partial charge in [-0.2, -0.15) is 0 Å². The third-order valence-electron chi connectivity index (χ3n) is 9.04. The van der Waals surface area contributed by atoms with Crippen LogP contribution in [0.5, 0.6) is 0 Å². The number of hydrogen-bond donors (Lipinski definition) is 0. The van der Waals surface area contributed by atoms with Gasteiger partial charge in [-0.15, -0.1) is 0 Å². The first kappa shape index (κ1) is 27.0. The van der Waals surface area contributed by atoms with Crippen LogP contribution in [-0.4, -0.2) is 50.9 Å². The van der Waals surface area contributed by atoms with Crippen molar-refractivity contribution in [3.63, 3.8) is 0 Å². The lowest BCUT2D eigenvalue weighted by atomic mass is 9.79. The first-order valence-electron chi connectivity index (χ1n) is 15.0. The molecule has 2 saturated heterocycles. The quantitative estimate of drug-likeness (QED) is 0.329. The van der Waals surface area contributed by atoms with Crippen molar-refractivity contribution in [2.45, 2.75) is 127 Å². The summed E-state index contributed by atoms with van der Waals surface area (Å²) >= 11 is 0. The molecule has 2 bridgehead atoms. The molecule has 3 heterocycles. The van der Waals surface area contributed by atoms with Crippen molar-refractivity contribution >= 4 is 22.8 Å². The van der Waals surface area contributed by atoms with Crippen LogP contribution in [0.3, 0.4) is 0 Å². The number of para-hydroxylation sites is 2. The minimum atomic E-state index is -0.424. The van der Waals surface area contributed by atoms with E-state index in [0.717, 1.165) is 18.4 Å². The molecule has 0 radical (unpaired) electrons. The molecular weight excluding hydrogens is 478 g/mol. The van der Waals surface area contributed by atoms with Crippen molar-refractivity contribution in [2.75, 3.05) is 6.61 Å². The zero-order chi connectivity index (χ0) is 26.5. The molecule has 2 unspecified atom stereocenters. The van der Waals surface area contributed by atoms with Gasteiger partial charge in [-0.05, 0) is 57.6 Å². The number of ether oxygens (including phenoxy) is 1. The molecule has 1 aromatic heterocycles. The summed E-state index contributed by atoms with van der Waals surface area (Å²) in [5, 5.41) is 0. The van der Waals surface area contributed by atoms with Crippen LogP contribution in [0.25, 0.3) is 11.0 Å². The van der Waals surface area contributed by atoms with Gasteiger partial charge in [0.05, 0.1) is 24.1 Å². The van der Waals surface area contributed by atoms with Gasteiger partial charge in [0.1, 0.15) is 0 Å². The van der Waals surface area contributed by atoms with Gasteiger partial charge in [-0.25, -0.2) is 4.98 Å². The predicted molar refractivity (Wildman–Crippen MR) is 148 cm³/mol. The van der Waals surface area contributed by atoms with Crippen LogP contribution >= 0.6 is 0 Å². The number of rotatable bonds is 7. The van der Waals surface area contributed by atoms with Crippen molar-refractivity contribution in [1.29, 1.82) is 0 Å². The maximum atomic E-state index is 13.9. The molecule has 206 valence electrons. The number of ketones is 1. The molecule has 2 aromatic rings. The molecule has 7 nitrogen and oxygen atoms in total. The normalized spacial score (nSPS) is 25.3. The topological polar surface area (TPSA) is 81.5 Å². The number of carbonyl (C=O) groups excluding carboxylic acids is 2. The van der Waals surface area contributed by atoms with E-state index in [1.54, 1.807) is 6.92 Å². The molecule has 0 spiro atoms. The molecule has 0 amide bonds. The van der Waals surface area contributed by atoms with E-state index in [2.05, 4.69) is 9.88 Å². The number of fused-ring (bicyclic) bond motifs is 3. The van der Waals surface area contributed by atoms with Gasteiger partial charge in [0.15, 0.2) is 11.5 Å². The number of hydrogen-bond acceptors (Lipinski definition) is 6. The number of esters is 1. The highest BCUT2D eigenvalue weighted by Gasteiger charge is 2.42. The fourth-order valence-electron chi connectivity index (χ4n) is 7.37. The van der Waals surface area contributed by atoms with Gasteiger partial charge in [0.2, 0.25) is 0 Å². The summed E-state index contributed by atoms with van der Waals surface area (Å²) in [6.07, 6.45) is 16.1. The maximum absolute atomic E-state index is 13.9. The summed E-state index contributed by atoms with van der Waals surface area (Å²) in [6.45, 7) is 2.01. The third kappa shape index (κ3) is 5.88. The lowest BCUT2D eigenvalue weighted by Gasteiger charge is -2.53. The zero-order valence-corrected chi connectivity index (χ0v) is 22.9. The van der Waals surface area contributed by atoms with Gasteiger partial charge >= 0.3 is 5.97 Å². The van der Waals surface area contributed by atoms with Crippen LogP contribution in [0.15, 0.2) is 29.1 Å². The molecule has 5 rings (SSSR count). The summed E-state index contributed by atoms with van der Waals surface area (Å²) in [4.78, 5) is 46.2. The highest BCUT2D eigenvalue weighted by atomic mass is 16.5. The largest absolute Gasteiger partial charge is 0.466 e. The Morgan fingerprint density at radius 2 is 1.47 bits per heavy atom. The molecule has 7 heteroatoms. The second-order valence-corrected chi connectivity index (χ2v) is 11.5. The average molecular weight is 522 g/mol. The molecule has 3 aliphatic rings. The van der Waals surface area contributed by atoms with E-state index in [4.69, 9.17) is 4.74 Å². The molecule has 38 heavy (non-hydrogen) atoms. The van der Waals surface area contributed by atoms with E-state index >= 15 is 0 Å². The van der Waals surface area contributed by atoms with Crippen LogP contribution in [0.4, 0.5) is 0 Å². The third-order valence-corrected chi connectivity index (χ3v) is 9.04. The summed E-state index contributed by atoms with van der Waals surface area (Å²) in [6, 6.07) is 9.35.